The number of para-hydroxylation sites is 3. The average molecular weight is 770 g/mol. The second-order valence-electron chi connectivity index (χ2n) is 18.7. The summed E-state index contributed by atoms with van der Waals surface area (Å²) in [7, 11) is 0. The van der Waals surface area contributed by atoms with Crippen LogP contribution in [-0.4, -0.2) is 11.4 Å². The zero-order valence-corrected chi connectivity index (χ0v) is 34.9. The highest BCUT2D eigenvalue weighted by Crippen LogP contribution is 2.58. The van der Waals surface area contributed by atoms with Crippen LogP contribution in [0.1, 0.15) is 61.1 Å². The first-order valence-corrected chi connectivity index (χ1v) is 21.5. The second kappa shape index (κ2) is 11.5. The highest BCUT2D eigenvalue weighted by Gasteiger charge is 2.47. The van der Waals surface area contributed by atoms with Crippen LogP contribution in [0.4, 0.5) is 28.4 Å². The summed E-state index contributed by atoms with van der Waals surface area (Å²) >= 11 is 0. The van der Waals surface area contributed by atoms with E-state index in [1.54, 1.807) is 0 Å². The summed E-state index contributed by atoms with van der Waals surface area (Å²) in [5, 5.41) is 2.57. The topological polar surface area (TPSA) is 11.4 Å². The van der Waals surface area contributed by atoms with Gasteiger partial charge in [0.2, 0.25) is 0 Å². The predicted molar refractivity (Wildman–Crippen MR) is 254 cm³/mol. The maximum atomic E-state index is 2.68. The van der Waals surface area contributed by atoms with Crippen molar-refractivity contribution in [2.24, 2.45) is 0 Å². The van der Waals surface area contributed by atoms with E-state index in [0.717, 1.165) is 0 Å². The van der Waals surface area contributed by atoms with Gasteiger partial charge < -0.3 is 14.3 Å². The van der Waals surface area contributed by atoms with Gasteiger partial charge in [-0.1, -0.05) is 142 Å². The number of nitrogens with zero attached hydrogens (tertiary/aromatic N) is 3. The van der Waals surface area contributed by atoms with Crippen molar-refractivity contribution in [1.82, 2.24) is 4.57 Å². The van der Waals surface area contributed by atoms with Crippen LogP contribution in [0.2, 0.25) is 0 Å². The summed E-state index contributed by atoms with van der Waals surface area (Å²) in [6.45, 7) is 14.0. The van der Waals surface area contributed by atoms with Gasteiger partial charge in [-0.3, -0.25) is 0 Å². The zero-order valence-electron chi connectivity index (χ0n) is 34.9. The number of fused-ring (bicyclic) bond motifs is 13. The minimum absolute atomic E-state index is 0.0546. The highest BCUT2D eigenvalue weighted by atomic mass is 15.2. The molecule has 286 valence electrons. The van der Waals surface area contributed by atoms with Crippen LogP contribution < -0.4 is 20.6 Å². The van der Waals surface area contributed by atoms with E-state index in [1.165, 1.54) is 122 Å². The van der Waals surface area contributed by atoms with Gasteiger partial charge in [-0.2, -0.15) is 0 Å². The van der Waals surface area contributed by atoms with E-state index < -0.39 is 0 Å². The van der Waals surface area contributed by atoms with Gasteiger partial charge >= 0.3 is 6.85 Å². The molecule has 60 heavy (non-hydrogen) atoms. The lowest BCUT2D eigenvalue weighted by Gasteiger charge is -2.44. The number of aryl methyl sites for hydroxylation is 2. The smallest absolute Gasteiger partial charge is 0.333 e. The summed E-state index contributed by atoms with van der Waals surface area (Å²) in [4.78, 5) is 5.28. The van der Waals surface area contributed by atoms with Crippen molar-refractivity contribution in [2.75, 3.05) is 9.71 Å². The summed E-state index contributed by atoms with van der Waals surface area (Å²) in [6, 6.07) is 60.4. The van der Waals surface area contributed by atoms with Crippen LogP contribution in [0.3, 0.4) is 0 Å². The van der Waals surface area contributed by atoms with Crippen molar-refractivity contribution in [1.29, 1.82) is 0 Å². The molecule has 0 saturated heterocycles. The number of rotatable bonds is 2. The van der Waals surface area contributed by atoms with Crippen molar-refractivity contribution in [3.63, 3.8) is 0 Å². The van der Waals surface area contributed by atoms with Gasteiger partial charge in [0.25, 0.3) is 0 Å². The maximum Gasteiger partial charge on any atom is 0.333 e. The van der Waals surface area contributed by atoms with Crippen LogP contribution in [-0.2, 0) is 10.8 Å². The molecule has 0 radical (unpaired) electrons. The fourth-order valence-corrected chi connectivity index (χ4v) is 11.8. The molecule has 0 atom stereocenters. The minimum atomic E-state index is -0.166. The van der Waals surface area contributed by atoms with E-state index in [9.17, 15) is 0 Å². The Hall–Kier alpha value is -6.78. The van der Waals surface area contributed by atoms with Crippen LogP contribution in [0.15, 0.2) is 158 Å². The van der Waals surface area contributed by atoms with Gasteiger partial charge in [0.1, 0.15) is 0 Å². The van der Waals surface area contributed by atoms with Gasteiger partial charge in [0, 0.05) is 44.2 Å². The Morgan fingerprint density at radius 3 is 1.82 bits per heavy atom. The third-order valence-corrected chi connectivity index (χ3v) is 14.6. The summed E-state index contributed by atoms with van der Waals surface area (Å²) in [6.07, 6.45) is 0. The fraction of sp³-hybridized carbons (Fsp3) is 0.143. The molecule has 1 aromatic heterocycles. The molecule has 0 saturated carbocycles. The lowest BCUT2D eigenvalue weighted by atomic mass is 9.43. The maximum absolute atomic E-state index is 2.68. The van der Waals surface area contributed by atoms with E-state index in [0.29, 0.717) is 0 Å². The van der Waals surface area contributed by atoms with Crippen LogP contribution in [0, 0.1) is 13.8 Å². The van der Waals surface area contributed by atoms with E-state index in [4.69, 9.17) is 0 Å². The Morgan fingerprint density at radius 2 is 1.07 bits per heavy atom. The van der Waals surface area contributed by atoms with Crippen molar-refractivity contribution in [2.45, 2.75) is 52.4 Å². The first-order chi connectivity index (χ1) is 29.1. The lowest BCUT2D eigenvalue weighted by molar-refractivity contribution is 0.632. The third-order valence-electron chi connectivity index (χ3n) is 14.6. The van der Waals surface area contributed by atoms with Crippen molar-refractivity contribution in [3.05, 3.63) is 191 Å². The first-order valence-electron chi connectivity index (χ1n) is 21.5. The third kappa shape index (κ3) is 4.16. The molecule has 1 aliphatic carbocycles. The summed E-state index contributed by atoms with van der Waals surface area (Å²) in [5.41, 5.74) is 25.6. The quantitative estimate of drug-likeness (QED) is 0.162. The minimum Gasteiger partial charge on any atom is -0.376 e. The number of anilines is 5. The Bertz CT molecular complexity index is 3320. The Morgan fingerprint density at radius 1 is 0.450 bits per heavy atom. The molecule has 9 aromatic rings. The van der Waals surface area contributed by atoms with Gasteiger partial charge in [-0.15, -0.1) is 0 Å². The average Bonchev–Trinajstić information content (AvgIpc) is 3.72. The molecule has 0 bridgehead atoms. The van der Waals surface area contributed by atoms with Crippen LogP contribution >= 0.6 is 0 Å². The molecule has 0 spiro atoms. The Labute approximate surface area is 352 Å². The molecule has 4 heterocycles. The van der Waals surface area contributed by atoms with Crippen molar-refractivity contribution in [3.8, 4) is 27.9 Å². The van der Waals surface area contributed by atoms with Crippen molar-refractivity contribution >= 4 is 68.0 Å². The Kier molecular flexibility index (Phi) is 6.53. The normalized spacial score (nSPS) is 15.7. The van der Waals surface area contributed by atoms with Crippen molar-refractivity contribution < 1.29 is 0 Å². The number of aromatic nitrogens is 1. The fourth-order valence-electron chi connectivity index (χ4n) is 11.8. The molecule has 0 fully saturated rings. The molecule has 0 N–H and O–H groups in total. The molecule has 0 unspecified atom stereocenters. The van der Waals surface area contributed by atoms with E-state index >= 15 is 0 Å². The monoisotopic (exact) mass is 769 g/mol. The molecule has 4 heteroatoms. The van der Waals surface area contributed by atoms with E-state index in [-0.39, 0.29) is 17.7 Å². The van der Waals surface area contributed by atoms with Gasteiger partial charge in [0.05, 0.1) is 28.1 Å². The summed E-state index contributed by atoms with van der Waals surface area (Å²) in [5.74, 6) is 0. The van der Waals surface area contributed by atoms with Crippen LogP contribution in [0.5, 0.6) is 0 Å². The first kappa shape index (κ1) is 34.1. The Balaban J connectivity index is 1.24. The molecule has 13 rings (SSSR count). The van der Waals surface area contributed by atoms with Gasteiger partial charge in [-0.05, 0) is 118 Å². The van der Waals surface area contributed by atoms with Gasteiger partial charge in [0.15, 0.2) is 0 Å². The van der Waals surface area contributed by atoms with Crippen LogP contribution in [0.25, 0.3) is 49.7 Å². The van der Waals surface area contributed by atoms with E-state index in [1.807, 2.05) is 0 Å². The number of hydrogen-bond acceptors (Lipinski definition) is 2. The molecule has 0 amide bonds. The molecule has 3 aliphatic heterocycles. The lowest BCUT2D eigenvalue weighted by Crippen LogP contribution is -2.60. The highest BCUT2D eigenvalue weighted by molar-refractivity contribution is 6.93. The SMILES string of the molecule is Cc1ccc(N2B3c4cc(C)ccc4-n4c5ccccc5c5c(N6c7ccccc7C(C)(C)c7ccccc76)cc(c3c54)-c3cc4c(cc32)-c2ccccc2C4(C)C)cc1. The molecule has 8 aromatic carbocycles. The number of hydrogen-bond donors (Lipinski definition) is 0. The zero-order chi connectivity index (χ0) is 40.4. The van der Waals surface area contributed by atoms with Gasteiger partial charge in [-0.25, -0.2) is 0 Å². The molecule has 4 aliphatic rings. The second-order valence-corrected chi connectivity index (χ2v) is 18.7. The number of benzene rings is 8. The molecule has 3 nitrogen and oxygen atoms in total. The van der Waals surface area contributed by atoms with E-state index in [2.05, 4.69) is 214 Å². The largest absolute Gasteiger partial charge is 0.376 e. The standard InChI is InChI=1S/C56H44BN3/c1-33-23-26-35(27-24-33)60-50-31-38-36-15-7-9-17-41(36)55(3,4)44(38)30-39(50)40-32-51(58-47-21-13-10-18-42(47)56(5,6)43-19-11-14-22-48(43)58)52-37-16-8-12-20-46(37)59-49-28-25-34(2)29-45(49)57(60)53(40)54(52)59/h7-32H,1-6H3. The predicted octanol–water partition coefficient (Wildman–Crippen LogP) is 13.1. The molecular weight excluding hydrogens is 725 g/mol. The summed E-state index contributed by atoms with van der Waals surface area (Å²) < 4.78 is 2.61. The molecular formula is C56H44BN3.